The molecule has 4 nitrogen and oxygen atoms in total. The van der Waals surface area contributed by atoms with Crippen molar-refractivity contribution in [1.29, 1.82) is 0 Å². The lowest BCUT2D eigenvalue weighted by molar-refractivity contribution is 0.0421. The third-order valence-electron chi connectivity index (χ3n) is 3.25. The number of morpholine rings is 1. The van der Waals surface area contributed by atoms with Crippen LogP contribution in [0.1, 0.15) is 30.7 Å². The maximum absolute atomic E-state index is 5.87. The van der Waals surface area contributed by atoms with Gasteiger partial charge in [-0.05, 0) is 17.4 Å². The van der Waals surface area contributed by atoms with Crippen LogP contribution in [0.4, 0.5) is 5.13 Å². The molecule has 0 amide bonds. The average molecular weight is 309 g/mol. The molecule has 1 atom stereocenters. The third kappa shape index (κ3) is 3.19. The summed E-state index contributed by atoms with van der Waals surface area (Å²) in [7, 11) is 0. The summed E-state index contributed by atoms with van der Waals surface area (Å²) in [5, 5.41) is 3.13. The van der Waals surface area contributed by atoms with Crippen molar-refractivity contribution in [3.8, 4) is 0 Å². The van der Waals surface area contributed by atoms with Crippen molar-refractivity contribution in [3.05, 3.63) is 28.2 Å². The SMILES string of the molecule is CC(C)Cc1nsc(N2CCOC(c3cccs3)C2)n1. The Labute approximate surface area is 127 Å². The molecule has 0 saturated carbocycles. The summed E-state index contributed by atoms with van der Waals surface area (Å²) in [4.78, 5) is 8.27. The second-order valence-electron chi connectivity index (χ2n) is 5.41. The van der Waals surface area contributed by atoms with Crippen LogP contribution in [0.3, 0.4) is 0 Å². The number of aromatic nitrogens is 2. The molecule has 1 unspecified atom stereocenters. The summed E-state index contributed by atoms with van der Waals surface area (Å²) in [5.74, 6) is 1.57. The van der Waals surface area contributed by atoms with Crippen LogP contribution in [-0.4, -0.2) is 29.1 Å². The monoisotopic (exact) mass is 309 g/mol. The molecular weight excluding hydrogens is 290 g/mol. The van der Waals surface area contributed by atoms with Gasteiger partial charge >= 0.3 is 0 Å². The second-order valence-corrected chi connectivity index (χ2v) is 7.12. The Morgan fingerprint density at radius 1 is 1.50 bits per heavy atom. The van der Waals surface area contributed by atoms with Crippen LogP contribution in [-0.2, 0) is 11.2 Å². The lowest BCUT2D eigenvalue weighted by Crippen LogP contribution is -2.38. The number of ether oxygens (including phenoxy) is 1. The predicted octanol–water partition coefficient (Wildman–Crippen LogP) is 3.38. The van der Waals surface area contributed by atoms with Crippen molar-refractivity contribution in [2.45, 2.75) is 26.4 Å². The highest BCUT2D eigenvalue weighted by molar-refractivity contribution is 7.10. The lowest BCUT2D eigenvalue weighted by Gasteiger charge is -2.31. The maximum atomic E-state index is 5.87. The van der Waals surface area contributed by atoms with Crippen molar-refractivity contribution in [2.75, 3.05) is 24.6 Å². The minimum absolute atomic E-state index is 0.168. The zero-order chi connectivity index (χ0) is 13.9. The van der Waals surface area contributed by atoms with Gasteiger partial charge in [-0.1, -0.05) is 19.9 Å². The van der Waals surface area contributed by atoms with Gasteiger partial charge in [0, 0.05) is 29.4 Å². The minimum atomic E-state index is 0.168. The molecule has 108 valence electrons. The van der Waals surface area contributed by atoms with E-state index in [1.807, 2.05) is 0 Å². The number of anilines is 1. The average Bonchev–Trinajstić information content (AvgIpc) is 3.09. The van der Waals surface area contributed by atoms with E-state index < -0.39 is 0 Å². The van der Waals surface area contributed by atoms with Gasteiger partial charge in [0.25, 0.3) is 0 Å². The van der Waals surface area contributed by atoms with E-state index in [4.69, 9.17) is 4.74 Å². The first-order valence-electron chi connectivity index (χ1n) is 6.95. The Balaban J connectivity index is 1.69. The van der Waals surface area contributed by atoms with Crippen LogP contribution in [0, 0.1) is 5.92 Å². The summed E-state index contributed by atoms with van der Waals surface area (Å²) >= 11 is 3.27. The molecule has 0 aromatic carbocycles. The van der Waals surface area contributed by atoms with E-state index in [9.17, 15) is 0 Å². The van der Waals surface area contributed by atoms with Gasteiger partial charge in [0.05, 0.1) is 13.2 Å². The van der Waals surface area contributed by atoms with Crippen molar-refractivity contribution in [3.63, 3.8) is 0 Å². The van der Waals surface area contributed by atoms with Gasteiger partial charge in [-0.15, -0.1) is 11.3 Å². The topological polar surface area (TPSA) is 38.2 Å². The number of nitrogens with zero attached hydrogens (tertiary/aromatic N) is 3. The zero-order valence-electron chi connectivity index (χ0n) is 11.8. The molecule has 0 N–H and O–H groups in total. The summed E-state index contributed by atoms with van der Waals surface area (Å²) in [6, 6.07) is 4.22. The van der Waals surface area contributed by atoms with Crippen LogP contribution >= 0.6 is 22.9 Å². The van der Waals surface area contributed by atoms with Gasteiger partial charge in [-0.3, -0.25) is 0 Å². The molecule has 0 aliphatic carbocycles. The summed E-state index contributed by atoms with van der Waals surface area (Å²) in [6.45, 7) is 6.92. The van der Waals surface area contributed by atoms with Crippen LogP contribution in [0.2, 0.25) is 0 Å². The highest BCUT2D eigenvalue weighted by Crippen LogP contribution is 2.29. The second kappa shape index (κ2) is 6.20. The smallest absolute Gasteiger partial charge is 0.205 e. The van der Waals surface area contributed by atoms with E-state index in [-0.39, 0.29) is 6.10 Å². The number of hydrogen-bond donors (Lipinski definition) is 0. The van der Waals surface area contributed by atoms with Gasteiger partial charge in [0.2, 0.25) is 5.13 Å². The van der Waals surface area contributed by atoms with Crippen molar-refractivity contribution < 1.29 is 4.74 Å². The van der Waals surface area contributed by atoms with Crippen LogP contribution in [0.15, 0.2) is 17.5 Å². The fourth-order valence-corrected chi connectivity index (χ4v) is 3.79. The predicted molar refractivity (Wildman–Crippen MR) is 83.7 cm³/mol. The normalized spacial score (nSPS) is 19.8. The maximum Gasteiger partial charge on any atom is 0.205 e. The third-order valence-corrected chi connectivity index (χ3v) is 5.02. The van der Waals surface area contributed by atoms with Crippen molar-refractivity contribution in [2.24, 2.45) is 5.92 Å². The summed E-state index contributed by atoms with van der Waals surface area (Å²) in [5.41, 5.74) is 0. The molecule has 1 aliphatic heterocycles. The Kier molecular flexibility index (Phi) is 4.33. The lowest BCUT2D eigenvalue weighted by atomic mass is 10.1. The Bertz CT molecular complexity index is 538. The van der Waals surface area contributed by atoms with E-state index in [0.29, 0.717) is 5.92 Å². The number of rotatable bonds is 4. The first kappa shape index (κ1) is 14.0. The summed E-state index contributed by atoms with van der Waals surface area (Å²) in [6.07, 6.45) is 1.12. The molecule has 1 fully saturated rings. The van der Waals surface area contributed by atoms with E-state index in [1.165, 1.54) is 16.4 Å². The fraction of sp³-hybridized carbons (Fsp3) is 0.571. The Morgan fingerprint density at radius 2 is 2.40 bits per heavy atom. The van der Waals surface area contributed by atoms with E-state index in [2.05, 4.69) is 45.6 Å². The molecule has 0 bridgehead atoms. The molecule has 3 heterocycles. The molecular formula is C14H19N3OS2. The van der Waals surface area contributed by atoms with Gasteiger partial charge in [-0.25, -0.2) is 4.98 Å². The van der Waals surface area contributed by atoms with E-state index in [1.54, 1.807) is 11.3 Å². The Morgan fingerprint density at radius 3 is 3.15 bits per heavy atom. The van der Waals surface area contributed by atoms with Crippen molar-refractivity contribution >= 4 is 28.0 Å². The number of thiophene rings is 1. The first-order valence-corrected chi connectivity index (χ1v) is 8.60. The molecule has 1 aliphatic rings. The van der Waals surface area contributed by atoms with Gasteiger partial charge in [-0.2, -0.15) is 4.37 Å². The van der Waals surface area contributed by atoms with Crippen LogP contribution < -0.4 is 4.90 Å². The Hall–Kier alpha value is -0.980. The molecule has 2 aromatic rings. The van der Waals surface area contributed by atoms with Gasteiger partial charge < -0.3 is 9.64 Å². The van der Waals surface area contributed by atoms with Crippen LogP contribution in [0.5, 0.6) is 0 Å². The highest BCUT2D eigenvalue weighted by Gasteiger charge is 2.25. The quantitative estimate of drug-likeness (QED) is 0.868. The fourth-order valence-electron chi connectivity index (χ4n) is 2.29. The first-order chi connectivity index (χ1) is 9.72. The molecule has 6 heteroatoms. The van der Waals surface area contributed by atoms with Crippen LogP contribution in [0.25, 0.3) is 0 Å². The number of hydrogen-bond acceptors (Lipinski definition) is 6. The molecule has 1 saturated heterocycles. The highest BCUT2D eigenvalue weighted by atomic mass is 32.1. The summed E-state index contributed by atoms with van der Waals surface area (Å²) < 4.78 is 10.3. The zero-order valence-corrected chi connectivity index (χ0v) is 13.4. The van der Waals surface area contributed by atoms with Gasteiger partial charge in [0.1, 0.15) is 11.9 Å². The molecule has 0 radical (unpaired) electrons. The minimum Gasteiger partial charge on any atom is -0.369 e. The standard InChI is InChI=1S/C14H19N3OS2/c1-10(2)8-13-15-14(20-16-13)17-5-6-18-11(9-17)12-4-3-7-19-12/h3-4,7,10-11H,5-6,8-9H2,1-2H3. The van der Waals surface area contributed by atoms with E-state index in [0.717, 1.165) is 37.1 Å². The molecule has 20 heavy (non-hydrogen) atoms. The molecule has 0 spiro atoms. The van der Waals surface area contributed by atoms with E-state index >= 15 is 0 Å². The van der Waals surface area contributed by atoms with Crippen molar-refractivity contribution in [1.82, 2.24) is 9.36 Å². The molecule has 3 rings (SSSR count). The molecule has 2 aromatic heterocycles. The van der Waals surface area contributed by atoms with Gasteiger partial charge in [0.15, 0.2) is 0 Å². The largest absolute Gasteiger partial charge is 0.369 e.